The van der Waals surface area contributed by atoms with E-state index in [0.717, 1.165) is 25.7 Å². The Kier molecular flexibility index (Phi) is 12.6. The number of rotatable bonds is 13. The highest BCUT2D eigenvalue weighted by Crippen LogP contribution is 2.01. The molecule has 2 unspecified atom stereocenters. The highest BCUT2D eigenvalue weighted by Gasteiger charge is 2.19. The Morgan fingerprint density at radius 1 is 1.00 bits per heavy atom. The Balaban J connectivity index is 4.03. The van der Waals surface area contributed by atoms with Crippen LogP contribution in [0.15, 0.2) is 0 Å². The van der Waals surface area contributed by atoms with Crippen molar-refractivity contribution in [2.75, 3.05) is 19.8 Å². The minimum Gasteiger partial charge on any atom is -0.372 e. The van der Waals surface area contributed by atoms with Gasteiger partial charge in [-0.1, -0.05) is 12.8 Å². The van der Waals surface area contributed by atoms with Gasteiger partial charge in [-0.3, -0.25) is 10.1 Å². The summed E-state index contributed by atoms with van der Waals surface area (Å²) in [5, 5.41) is 5.51. The normalized spacial score (nSPS) is 13.5. The van der Waals surface area contributed by atoms with Gasteiger partial charge in [0.05, 0.1) is 12.7 Å². The average molecular weight is 318 g/mol. The van der Waals surface area contributed by atoms with E-state index in [-0.39, 0.29) is 12.6 Å². The van der Waals surface area contributed by atoms with Crippen LogP contribution in [-0.4, -0.2) is 43.7 Å². The quantitative estimate of drug-likeness (QED) is 0.129. The monoisotopic (exact) mass is 318 g/mol. The number of carbonyl (C=O) groups is 2. The lowest BCUT2D eigenvalue weighted by Crippen LogP contribution is -2.48. The molecule has 0 heterocycles. The molecule has 1 amide bonds. The summed E-state index contributed by atoms with van der Waals surface area (Å²) in [6, 6.07) is -1.16. The molecular formula is C13H30N6O3. The molecule has 9 nitrogen and oxygen atoms in total. The molecular weight excluding hydrogens is 288 g/mol. The van der Waals surface area contributed by atoms with Crippen LogP contribution < -0.4 is 33.7 Å². The lowest BCUT2D eigenvalue weighted by Gasteiger charge is -2.17. The van der Waals surface area contributed by atoms with E-state index in [2.05, 4.69) is 15.5 Å². The fraction of sp³-hybridized carbons (Fsp3) is 0.846. The third kappa shape index (κ3) is 9.64. The maximum atomic E-state index is 11.8. The molecule has 0 aromatic rings. The molecule has 10 N–H and O–H groups in total. The Labute approximate surface area is 131 Å². The number of hydrogen-bond donors (Lipinski definition) is 6. The summed E-state index contributed by atoms with van der Waals surface area (Å²) in [6.07, 6.45) is 4.31. The van der Waals surface area contributed by atoms with Gasteiger partial charge in [-0.2, -0.15) is 5.90 Å². The van der Waals surface area contributed by atoms with Crippen LogP contribution in [-0.2, 0) is 14.4 Å². The largest absolute Gasteiger partial charge is 0.372 e. The molecule has 0 saturated heterocycles. The van der Waals surface area contributed by atoms with Gasteiger partial charge < -0.3 is 27.4 Å². The van der Waals surface area contributed by atoms with Gasteiger partial charge in [-0.15, -0.1) is 0 Å². The second kappa shape index (κ2) is 13.4. The molecule has 0 aliphatic rings. The Hall–Kier alpha value is -1.26. The van der Waals surface area contributed by atoms with E-state index in [1.54, 1.807) is 0 Å². The Bertz CT molecular complexity index is 316. The van der Waals surface area contributed by atoms with Crippen LogP contribution in [0.5, 0.6) is 0 Å². The summed E-state index contributed by atoms with van der Waals surface area (Å²) in [5.74, 6) is 4.05. The topological polar surface area (TPSA) is 172 Å². The van der Waals surface area contributed by atoms with Crippen molar-refractivity contribution in [3.8, 4) is 0 Å². The third-order valence-electron chi connectivity index (χ3n) is 3.26. The molecule has 130 valence electrons. The van der Waals surface area contributed by atoms with Gasteiger partial charge in [0.15, 0.2) is 0 Å². The van der Waals surface area contributed by atoms with Crippen molar-refractivity contribution >= 4 is 11.9 Å². The molecule has 0 spiro atoms. The van der Waals surface area contributed by atoms with Crippen LogP contribution in [0.25, 0.3) is 0 Å². The number of nitrogens with two attached hydrogens (primary N) is 4. The van der Waals surface area contributed by atoms with E-state index < -0.39 is 18.1 Å². The van der Waals surface area contributed by atoms with Crippen LogP contribution >= 0.6 is 0 Å². The number of carbonyl (C=O) groups excluding carboxylic acids is 2. The van der Waals surface area contributed by atoms with Crippen molar-refractivity contribution in [3.63, 3.8) is 0 Å². The second-order valence-corrected chi connectivity index (χ2v) is 5.09. The highest BCUT2D eigenvalue weighted by atomic mass is 16.7. The molecule has 0 aliphatic heterocycles. The van der Waals surface area contributed by atoms with Crippen LogP contribution in [0.2, 0.25) is 0 Å². The zero-order valence-electron chi connectivity index (χ0n) is 13.1. The molecule has 0 rings (SSSR count). The minimum atomic E-state index is -0.578. The maximum absolute atomic E-state index is 11.8. The zero-order chi connectivity index (χ0) is 16.8. The van der Waals surface area contributed by atoms with Gasteiger partial charge in [0.2, 0.25) is 5.91 Å². The molecule has 0 fully saturated rings. The predicted octanol–water partition coefficient (Wildman–Crippen LogP) is -1.98. The average Bonchev–Trinajstić information content (AvgIpc) is 2.52. The summed E-state index contributed by atoms with van der Waals surface area (Å²) in [6.45, 7) is 1.26. The van der Waals surface area contributed by atoms with E-state index in [4.69, 9.17) is 23.1 Å². The first-order valence-electron chi connectivity index (χ1n) is 7.64. The van der Waals surface area contributed by atoms with Crippen LogP contribution in [0.4, 0.5) is 0 Å². The first-order valence-corrected chi connectivity index (χ1v) is 7.64. The molecule has 0 aromatic carbocycles. The van der Waals surface area contributed by atoms with Crippen molar-refractivity contribution < 1.29 is 14.4 Å². The van der Waals surface area contributed by atoms with Crippen LogP contribution in [0.1, 0.15) is 38.5 Å². The third-order valence-corrected chi connectivity index (χ3v) is 3.26. The summed E-state index contributed by atoms with van der Waals surface area (Å²) in [5.41, 5.74) is 16.5. The van der Waals surface area contributed by atoms with Crippen LogP contribution in [0, 0.1) is 0 Å². The minimum absolute atomic E-state index is 0.117. The van der Waals surface area contributed by atoms with Gasteiger partial charge in [-0.25, -0.2) is 4.79 Å². The molecule has 0 aromatic heterocycles. The van der Waals surface area contributed by atoms with Crippen molar-refractivity contribution in [3.05, 3.63) is 0 Å². The first-order chi connectivity index (χ1) is 10.6. The van der Waals surface area contributed by atoms with Crippen molar-refractivity contribution in [2.45, 2.75) is 50.6 Å². The van der Waals surface area contributed by atoms with E-state index in [0.29, 0.717) is 25.9 Å². The van der Waals surface area contributed by atoms with Gasteiger partial charge >= 0.3 is 5.97 Å². The lowest BCUT2D eigenvalue weighted by atomic mass is 10.1. The molecule has 0 aliphatic carbocycles. The zero-order valence-corrected chi connectivity index (χ0v) is 13.1. The number of nitrogens with one attached hydrogen (secondary N) is 2. The number of amides is 1. The summed E-state index contributed by atoms with van der Waals surface area (Å²) >= 11 is 0. The SMILES string of the molecule is NCCCCC(N)C(=O)NCNC(CCCCN)C(=O)ON. The Morgan fingerprint density at radius 2 is 1.59 bits per heavy atom. The molecule has 9 heteroatoms. The van der Waals surface area contributed by atoms with Gasteiger partial charge in [0.25, 0.3) is 0 Å². The summed E-state index contributed by atoms with van der Waals surface area (Å²) in [4.78, 5) is 27.5. The second-order valence-electron chi connectivity index (χ2n) is 5.09. The standard InChI is InChI=1S/C13H30N6O3/c14-7-3-1-5-10(16)12(20)19-9-18-11(13(21)22-17)6-2-4-8-15/h10-11,18H,1-9,14-17H2,(H,19,20). The molecule has 22 heavy (non-hydrogen) atoms. The van der Waals surface area contributed by atoms with Crippen molar-refractivity contribution in [1.82, 2.24) is 10.6 Å². The molecule has 0 radical (unpaired) electrons. The number of unbranched alkanes of at least 4 members (excludes halogenated alkanes) is 2. The maximum Gasteiger partial charge on any atom is 0.341 e. The van der Waals surface area contributed by atoms with Crippen molar-refractivity contribution in [2.24, 2.45) is 23.1 Å². The van der Waals surface area contributed by atoms with E-state index in [1.807, 2.05) is 0 Å². The molecule has 0 saturated carbocycles. The summed E-state index contributed by atoms with van der Waals surface area (Å²) in [7, 11) is 0. The molecule has 0 bridgehead atoms. The van der Waals surface area contributed by atoms with Crippen molar-refractivity contribution in [1.29, 1.82) is 0 Å². The first kappa shape index (κ1) is 20.7. The Morgan fingerprint density at radius 3 is 2.14 bits per heavy atom. The smallest absolute Gasteiger partial charge is 0.341 e. The van der Waals surface area contributed by atoms with E-state index >= 15 is 0 Å². The van der Waals surface area contributed by atoms with Gasteiger partial charge in [-0.05, 0) is 38.8 Å². The summed E-state index contributed by atoms with van der Waals surface area (Å²) < 4.78 is 0. The van der Waals surface area contributed by atoms with E-state index in [9.17, 15) is 9.59 Å². The highest BCUT2D eigenvalue weighted by molar-refractivity contribution is 5.81. The molecule has 2 atom stereocenters. The predicted molar refractivity (Wildman–Crippen MR) is 84.0 cm³/mol. The van der Waals surface area contributed by atoms with E-state index in [1.165, 1.54) is 0 Å². The number of hydrogen-bond acceptors (Lipinski definition) is 8. The fourth-order valence-electron chi connectivity index (χ4n) is 1.91. The fourth-order valence-corrected chi connectivity index (χ4v) is 1.91. The van der Waals surface area contributed by atoms with Crippen LogP contribution in [0.3, 0.4) is 0 Å². The van der Waals surface area contributed by atoms with Gasteiger partial charge in [0, 0.05) is 0 Å². The van der Waals surface area contributed by atoms with Gasteiger partial charge in [0.1, 0.15) is 6.04 Å². The lowest BCUT2D eigenvalue weighted by molar-refractivity contribution is -0.147.